The standard InChI is InChI=1S/C26H24F2N2O5S/c1-14-6-4-5-7-18(14)15(2)35-25(33)30-19-12-13-36-22(19)16-8-10-17(11-9-16)29-23(31)20-21(24(32)34-3)26(20,27)28/h4-13,15,20-21H,1-3H3,(H,29,31)(H,30,33)/t15-,20?,21?/m1/s1. The van der Waals surface area contributed by atoms with Crippen molar-refractivity contribution in [3.05, 3.63) is 71.1 Å². The number of methoxy groups -OCH3 is 1. The lowest BCUT2D eigenvalue weighted by atomic mass is 10.1. The number of hydrogen-bond acceptors (Lipinski definition) is 6. The molecule has 0 saturated heterocycles. The second kappa shape index (κ2) is 10.1. The second-order valence-corrected chi connectivity index (χ2v) is 9.33. The summed E-state index contributed by atoms with van der Waals surface area (Å²) in [5.74, 6) is -9.02. The smallest absolute Gasteiger partial charge is 0.412 e. The Labute approximate surface area is 210 Å². The summed E-state index contributed by atoms with van der Waals surface area (Å²) in [6.45, 7) is 3.75. The number of anilines is 2. The highest BCUT2D eigenvalue weighted by Crippen LogP contribution is 2.56. The number of aryl methyl sites for hydroxylation is 1. The molecule has 36 heavy (non-hydrogen) atoms. The fourth-order valence-corrected chi connectivity index (χ4v) is 4.89. The van der Waals surface area contributed by atoms with Crippen LogP contribution in [0.2, 0.25) is 0 Å². The number of ether oxygens (including phenoxy) is 2. The van der Waals surface area contributed by atoms with Crippen LogP contribution in [0.3, 0.4) is 0 Å². The minimum Gasteiger partial charge on any atom is -0.469 e. The Morgan fingerprint density at radius 3 is 2.36 bits per heavy atom. The number of rotatable bonds is 7. The van der Waals surface area contributed by atoms with Gasteiger partial charge < -0.3 is 14.8 Å². The van der Waals surface area contributed by atoms with Crippen molar-refractivity contribution in [1.82, 2.24) is 0 Å². The van der Waals surface area contributed by atoms with Gasteiger partial charge >= 0.3 is 12.1 Å². The van der Waals surface area contributed by atoms with Crippen LogP contribution in [0.1, 0.15) is 24.2 Å². The van der Waals surface area contributed by atoms with Crippen LogP contribution in [0.25, 0.3) is 10.4 Å². The maximum absolute atomic E-state index is 13.8. The van der Waals surface area contributed by atoms with Crippen molar-refractivity contribution in [2.45, 2.75) is 25.9 Å². The van der Waals surface area contributed by atoms with Gasteiger partial charge in [0.05, 0.1) is 17.7 Å². The summed E-state index contributed by atoms with van der Waals surface area (Å²) in [5.41, 5.74) is 3.53. The molecular weight excluding hydrogens is 490 g/mol. The van der Waals surface area contributed by atoms with Gasteiger partial charge in [-0.05, 0) is 54.1 Å². The Hall–Kier alpha value is -3.79. The molecule has 0 bridgehead atoms. The molecule has 2 N–H and O–H groups in total. The topological polar surface area (TPSA) is 93.7 Å². The van der Waals surface area contributed by atoms with E-state index < -0.39 is 41.8 Å². The maximum atomic E-state index is 13.8. The van der Waals surface area contributed by atoms with Crippen molar-refractivity contribution < 1.29 is 32.6 Å². The highest BCUT2D eigenvalue weighted by Gasteiger charge is 2.76. The van der Waals surface area contributed by atoms with Crippen molar-refractivity contribution in [3.63, 3.8) is 0 Å². The van der Waals surface area contributed by atoms with E-state index in [2.05, 4.69) is 15.4 Å². The quantitative estimate of drug-likeness (QED) is 0.376. The number of carbonyl (C=O) groups is 3. The van der Waals surface area contributed by atoms with E-state index in [1.807, 2.05) is 36.6 Å². The van der Waals surface area contributed by atoms with Crippen LogP contribution in [0.15, 0.2) is 60.0 Å². The van der Waals surface area contributed by atoms with E-state index in [4.69, 9.17) is 4.74 Å². The molecule has 7 nitrogen and oxygen atoms in total. The summed E-state index contributed by atoms with van der Waals surface area (Å²) < 4.78 is 37.6. The number of nitrogens with one attached hydrogen (secondary N) is 2. The Kier molecular flexibility index (Phi) is 7.07. The molecule has 1 fully saturated rings. The number of esters is 1. The third-order valence-corrected chi connectivity index (χ3v) is 6.98. The number of alkyl halides is 2. The minimum atomic E-state index is -3.43. The largest absolute Gasteiger partial charge is 0.469 e. The molecule has 1 aliphatic carbocycles. The fourth-order valence-electron chi connectivity index (χ4n) is 4.04. The predicted octanol–water partition coefficient (Wildman–Crippen LogP) is 6.03. The van der Waals surface area contributed by atoms with Crippen molar-refractivity contribution >= 4 is 40.7 Å². The van der Waals surface area contributed by atoms with E-state index in [1.54, 1.807) is 37.3 Å². The monoisotopic (exact) mass is 514 g/mol. The average molecular weight is 515 g/mol. The van der Waals surface area contributed by atoms with Gasteiger partial charge in [0.1, 0.15) is 17.9 Å². The van der Waals surface area contributed by atoms with Crippen LogP contribution in [0, 0.1) is 18.8 Å². The first kappa shape index (κ1) is 25.3. The molecule has 0 spiro atoms. The average Bonchev–Trinajstić information content (AvgIpc) is 3.16. The van der Waals surface area contributed by atoms with Gasteiger partial charge in [0, 0.05) is 5.69 Å². The van der Waals surface area contributed by atoms with Gasteiger partial charge in [-0.15, -0.1) is 11.3 Å². The molecule has 2 unspecified atom stereocenters. The molecule has 2 amide bonds. The molecule has 1 aliphatic rings. The van der Waals surface area contributed by atoms with E-state index in [0.717, 1.165) is 28.7 Å². The molecule has 3 aromatic rings. The molecule has 188 valence electrons. The number of carbonyl (C=O) groups excluding carboxylic acids is 3. The summed E-state index contributed by atoms with van der Waals surface area (Å²) >= 11 is 1.39. The van der Waals surface area contributed by atoms with Crippen LogP contribution < -0.4 is 10.6 Å². The fraction of sp³-hybridized carbons (Fsp3) is 0.269. The van der Waals surface area contributed by atoms with Crippen LogP contribution in [0.4, 0.5) is 25.0 Å². The van der Waals surface area contributed by atoms with Crippen molar-refractivity contribution in [2.24, 2.45) is 11.8 Å². The molecule has 10 heteroatoms. The normalized spacial score (nSPS) is 18.6. The lowest BCUT2D eigenvalue weighted by Gasteiger charge is -2.16. The summed E-state index contributed by atoms with van der Waals surface area (Å²) in [7, 11) is 1.00. The van der Waals surface area contributed by atoms with Gasteiger partial charge in [-0.3, -0.25) is 14.9 Å². The first-order valence-corrected chi connectivity index (χ1v) is 12.0. The molecule has 4 rings (SSSR count). The molecule has 3 atom stereocenters. The van der Waals surface area contributed by atoms with Gasteiger partial charge in [-0.25, -0.2) is 13.6 Å². The zero-order valence-electron chi connectivity index (χ0n) is 19.7. The first-order valence-electron chi connectivity index (χ1n) is 11.1. The Bertz CT molecular complexity index is 1290. The number of halogens is 2. The van der Waals surface area contributed by atoms with E-state index in [0.29, 0.717) is 11.4 Å². The molecule has 2 aromatic carbocycles. The lowest BCUT2D eigenvalue weighted by molar-refractivity contribution is -0.144. The van der Waals surface area contributed by atoms with Crippen LogP contribution in [0.5, 0.6) is 0 Å². The number of hydrogen-bond donors (Lipinski definition) is 2. The zero-order chi connectivity index (χ0) is 26.0. The highest BCUT2D eigenvalue weighted by molar-refractivity contribution is 7.14. The van der Waals surface area contributed by atoms with E-state index >= 15 is 0 Å². The molecule has 0 radical (unpaired) electrons. The van der Waals surface area contributed by atoms with Crippen molar-refractivity contribution in [2.75, 3.05) is 17.7 Å². The van der Waals surface area contributed by atoms with E-state index in [-0.39, 0.29) is 0 Å². The predicted molar refractivity (Wildman–Crippen MR) is 132 cm³/mol. The molecule has 1 heterocycles. The SMILES string of the molecule is COC(=O)C1C(C(=O)Nc2ccc(-c3sccc3NC(=O)O[C@H](C)c3ccccc3C)cc2)C1(F)F. The van der Waals surface area contributed by atoms with Gasteiger partial charge in [0.15, 0.2) is 0 Å². The lowest BCUT2D eigenvalue weighted by Crippen LogP contribution is -2.18. The third kappa shape index (κ3) is 5.08. The number of benzene rings is 2. The summed E-state index contributed by atoms with van der Waals surface area (Å²) in [5, 5.41) is 6.99. The minimum absolute atomic E-state index is 0.299. The molecule has 1 aromatic heterocycles. The summed E-state index contributed by atoms with van der Waals surface area (Å²) in [6.07, 6.45) is -1.03. The Balaban J connectivity index is 1.39. The van der Waals surface area contributed by atoms with Crippen LogP contribution >= 0.6 is 11.3 Å². The van der Waals surface area contributed by atoms with Crippen molar-refractivity contribution in [1.29, 1.82) is 0 Å². The van der Waals surface area contributed by atoms with Gasteiger partial charge in [-0.1, -0.05) is 36.4 Å². The van der Waals surface area contributed by atoms with Crippen molar-refractivity contribution in [3.8, 4) is 10.4 Å². The molecule has 0 aliphatic heterocycles. The van der Waals surface area contributed by atoms with Crippen LogP contribution in [-0.2, 0) is 19.1 Å². The second-order valence-electron chi connectivity index (χ2n) is 8.41. The van der Waals surface area contributed by atoms with Gasteiger partial charge in [0.25, 0.3) is 5.92 Å². The molecule has 1 saturated carbocycles. The molecular formula is C26H24F2N2O5S. The number of amides is 2. The first-order chi connectivity index (χ1) is 17.1. The maximum Gasteiger partial charge on any atom is 0.412 e. The van der Waals surface area contributed by atoms with Gasteiger partial charge in [-0.2, -0.15) is 0 Å². The van der Waals surface area contributed by atoms with E-state index in [1.165, 1.54) is 11.3 Å². The Morgan fingerprint density at radius 2 is 1.69 bits per heavy atom. The van der Waals surface area contributed by atoms with Crippen LogP contribution in [-0.4, -0.2) is 31.0 Å². The zero-order valence-corrected chi connectivity index (χ0v) is 20.5. The van der Waals surface area contributed by atoms with E-state index in [9.17, 15) is 23.2 Å². The third-order valence-electron chi connectivity index (χ3n) is 6.02. The highest BCUT2D eigenvalue weighted by atomic mass is 32.1. The number of thiophene rings is 1. The summed E-state index contributed by atoms with van der Waals surface area (Å²) in [6, 6.07) is 15.9. The Morgan fingerprint density at radius 1 is 1.00 bits per heavy atom. The summed E-state index contributed by atoms with van der Waals surface area (Å²) in [4.78, 5) is 37.0. The van der Waals surface area contributed by atoms with Gasteiger partial charge in [0.2, 0.25) is 5.91 Å².